The van der Waals surface area contributed by atoms with Crippen molar-refractivity contribution in [1.29, 1.82) is 0 Å². The van der Waals surface area contributed by atoms with Crippen LogP contribution in [-0.2, 0) is 9.59 Å². The van der Waals surface area contributed by atoms with E-state index < -0.39 is 0 Å². The van der Waals surface area contributed by atoms with E-state index in [0.717, 1.165) is 0 Å². The highest BCUT2D eigenvalue weighted by atomic mass is 16.1. The third kappa shape index (κ3) is 12.9. The molecular formula is C10H12N2O2-2. The third-order valence-electron chi connectivity index (χ3n) is 1.66. The highest BCUT2D eigenvalue weighted by molar-refractivity contribution is 5.37. The molecule has 1 aliphatic rings. The number of carbonyl (C=O) groups excluding carboxylic acids is 2. The zero-order valence-electron chi connectivity index (χ0n) is 7.95. The van der Waals surface area contributed by atoms with Crippen molar-refractivity contribution in [2.75, 3.05) is 0 Å². The smallest absolute Gasteiger partial charge is 0.0159 e. The molecule has 0 heterocycles. The summed E-state index contributed by atoms with van der Waals surface area (Å²) in [4.78, 5) is 16.5. The van der Waals surface area contributed by atoms with Gasteiger partial charge in [-0.15, -0.1) is 0 Å². The fraction of sp³-hybridized carbons (Fsp3) is 0.400. The van der Waals surface area contributed by atoms with Crippen LogP contribution in [0.25, 0.3) is 10.8 Å². The zero-order chi connectivity index (χ0) is 11.4. The molecule has 0 saturated heterocycles. The Bertz CT molecular complexity index is 217. The van der Waals surface area contributed by atoms with Gasteiger partial charge < -0.3 is 10.8 Å². The topological polar surface area (TPSA) is 78.7 Å². The molecule has 0 atom stereocenters. The van der Waals surface area contributed by atoms with Crippen molar-refractivity contribution < 1.29 is 9.59 Å². The van der Waals surface area contributed by atoms with Crippen molar-refractivity contribution >= 4 is 12.2 Å². The first kappa shape index (κ1) is 14.7. The van der Waals surface area contributed by atoms with Crippen LogP contribution in [-0.4, -0.2) is 12.2 Å². The Hall–Kier alpha value is -1.76. The Morgan fingerprint density at radius 2 is 1.00 bits per heavy atom. The second kappa shape index (κ2) is 11.2. The summed E-state index contributed by atoms with van der Waals surface area (Å²) in [6, 6.07) is 0. The van der Waals surface area contributed by atoms with Gasteiger partial charge in [0.15, 0.2) is 0 Å². The molecule has 0 aromatic heterocycles. The molecule has 76 valence electrons. The van der Waals surface area contributed by atoms with Crippen LogP contribution in [0, 0.1) is 0 Å². The van der Waals surface area contributed by atoms with Crippen molar-refractivity contribution in [3.63, 3.8) is 0 Å². The number of rotatable bonds is 0. The van der Waals surface area contributed by atoms with Crippen molar-refractivity contribution in [2.45, 2.75) is 25.7 Å². The quantitative estimate of drug-likeness (QED) is 0.335. The first-order valence-corrected chi connectivity index (χ1v) is 3.98. The zero-order valence-corrected chi connectivity index (χ0v) is 7.95. The Morgan fingerprint density at radius 1 is 0.857 bits per heavy atom. The molecule has 0 unspecified atom stereocenters. The van der Waals surface area contributed by atoms with E-state index in [-0.39, 0.29) is 0 Å². The Kier molecular flexibility index (Phi) is 11.8. The normalized spacial score (nSPS) is 13.4. The maximum absolute atomic E-state index is 8.24. The summed E-state index contributed by atoms with van der Waals surface area (Å²) in [6.07, 6.45) is 5.72. The van der Waals surface area contributed by atoms with E-state index in [4.69, 9.17) is 20.4 Å². The number of nitrogens with zero attached hydrogens (tertiary/aromatic N) is 2. The molecule has 4 heteroatoms. The SMILES string of the molecule is C=C1CCC(=C)CC1.[N-]=C=O.[N-]=C=O. The lowest BCUT2D eigenvalue weighted by atomic mass is 9.93. The summed E-state index contributed by atoms with van der Waals surface area (Å²) in [5.74, 6) is 0. The Morgan fingerprint density at radius 3 is 1.14 bits per heavy atom. The molecular weight excluding hydrogens is 180 g/mol. The molecule has 0 aromatic carbocycles. The summed E-state index contributed by atoms with van der Waals surface area (Å²) in [7, 11) is 0. The van der Waals surface area contributed by atoms with E-state index in [2.05, 4.69) is 13.2 Å². The second-order valence-electron chi connectivity index (χ2n) is 2.68. The Balaban J connectivity index is 0. The molecule has 4 nitrogen and oxygen atoms in total. The van der Waals surface area contributed by atoms with Crippen LogP contribution in [0.4, 0.5) is 0 Å². The van der Waals surface area contributed by atoms with Crippen LogP contribution in [0.3, 0.4) is 0 Å². The number of isocyanates is 2. The van der Waals surface area contributed by atoms with Crippen LogP contribution >= 0.6 is 0 Å². The summed E-state index contributed by atoms with van der Waals surface area (Å²) < 4.78 is 0. The van der Waals surface area contributed by atoms with Gasteiger partial charge in [0.05, 0.1) is 0 Å². The Labute approximate surface area is 83.3 Å². The average molecular weight is 192 g/mol. The van der Waals surface area contributed by atoms with Crippen LogP contribution < -0.4 is 0 Å². The van der Waals surface area contributed by atoms with Gasteiger partial charge in [0.1, 0.15) is 0 Å². The summed E-state index contributed by atoms with van der Waals surface area (Å²) in [5.41, 5.74) is 2.80. The molecule has 0 spiro atoms. The van der Waals surface area contributed by atoms with Gasteiger partial charge in [-0.3, -0.25) is 9.59 Å². The van der Waals surface area contributed by atoms with Gasteiger partial charge in [0.25, 0.3) is 0 Å². The fourth-order valence-corrected chi connectivity index (χ4v) is 0.957. The summed E-state index contributed by atoms with van der Waals surface area (Å²) in [5, 5.41) is 13.5. The maximum atomic E-state index is 8.24. The van der Waals surface area contributed by atoms with E-state index in [1.165, 1.54) is 36.8 Å². The van der Waals surface area contributed by atoms with Crippen molar-refractivity contribution in [3.05, 3.63) is 35.1 Å². The van der Waals surface area contributed by atoms with Crippen molar-refractivity contribution in [3.8, 4) is 0 Å². The lowest BCUT2D eigenvalue weighted by Crippen LogP contribution is -1.93. The number of hydrogen-bond acceptors (Lipinski definition) is 2. The van der Waals surface area contributed by atoms with Crippen molar-refractivity contribution in [1.82, 2.24) is 0 Å². The van der Waals surface area contributed by atoms with Gasteiger partial charge in [-0.1, -0.05) is 24.3 Å². The van der Waals surface area contributed by atoms with E-state index in [9.17, 15) is 0 Å². The van der Waals surface area contributed by atoms with E-state index >= 15 is 0 Å². The maximum Gasteiger partial charge on any atom is -0.0159 e. The largest absolute Gasteiger partial charge is 0.724 e. The summed E-state index contributed by atoms with van der Waals surface area (Å²) in [6.45, 7) is 7.82. The van der Waals surface area contributed by atoms with Crippen LogP contribution in [0.5, 0.6) is 0 Å². The lowest BCUT2D eigenvalue weighted by molar-refractivity contribution is 0.568. The van der Waals surface area contributed by atoms with Crippen LogP contribution in [0.1, 0.15) is 25.7 Å². The first-order chi connectivity index (χ1) is 6.62. The molecule has 1 aliphatic carbocycles. The number of hydrogen-bond donors (Lipinski definition) is 0. The minimum atomic E-state index is 0.500. The minimum Gasteiger partial charge on any atom is -0.724 e. The first-order valence-electron chi connectivity index (χ1n) is 3.98. The molecule has 0 radical (unpaired) electrons. The molecule has 0 amide bonds. The van der Waals surface area contributed by atoms with E-state index in [1.54, 1.807) is 0 Å². The van der Waals surface area contributed by atoms with Gasteiger partial charge in [0, 0.05) is 0 Å². The molecule has 0 bridgehead atoms. The number of allylic oxidation sites excluding steroid dienone is 2. The molecule has 0 aliphatic heterocycles. The average Bonchev–Trinajstić information content (AvgIpc) is 2.13. The van der Waals surface area contributed by atoms with E-state index in [0.29, 0.717) is 12.2 Å². The van der Waals surface area contributed by atoms with E-state index in [1.807, 2.05) is 0 Å². The molecule has 0 aromatic rings. The van der Waals surface area contributed by atoms with Gasteiger partial charge in [0.2, 0.25) is 0 Å². The molecule has 1 saturated carbocycles. The molecule has 1 rings (SSSR count). The standard InChI is InChI=1S/C8H12.2CNO/c1-7-3-5-8(2)6-4-7;2*2-1-3/h1-6H2;;/q;2*-1. The van der Waals surface area contributed by atoms with Gasteiger partial charge >= 0.3 is 0 Å². The highest BCUT2D eigenvalue weighted by Gasteiger charge is 2.04. The van der Waals surface area contributed by atoms with Crippen molar-refractivity contribution in [2.24, 2.45) is 0 Å². The predicted octanol–water partition coefficient (Wildman–Crippen LogP) is 2.46. The molecule has 0 N–H and O–H groups in total. The van der Waals surface area contributed by atoms with Crippen LogP contribution in [0.15, 0.2) is 24.3 Å². The summed E-state index contributed by atoms with van der Waals surface area (Å²) >= 11 is 0. The van der Waals surface area contributed by atoms with Gasteiger partial charge in [-0.05, 0) is 37.8 Å². The molecule has 14 heavy (non-hydrogen) atoms. The van der Waals surface area contributed by atoms with Gasteiger partial charge in [-0.2, -0.15) is 0 Å². The minimum absolute atomic E-state index is 0.500. The predicted molar refractivity (Wildman–Crippen MR) is 54.9 cm³/mol. The second-order valence-corrected chi connectivity index (χ2v) is 2.68. The third-order valence-corrected chi connectivity index (χ3v) is 1.66. The highest BCUT2D eigenvalue weighted by Crippen LogP contribution is 2.24. The lowest BCUT2D eigenvalue weighted by Gasteiger charge is -2.13. The van der Waals surface area contributed by atoms with Gasteiger partial charge in [-0.25, -0.2) is 0 Å². The fourth-order valence-electron chi connectivity index (χ4n) is 0.957. The van der Waals surface area contributed by atoms with Crippen LogP contribution in [0.2, 0.25) is 0 Å². The monoisotopic (exact) mass is 192 g/mol. The molecule has 1 fully saturated rings.